The number of unbranched alkanes of at least 4 members (excludes halogenated alkanes) is 2. The molecule has 0 spiro atoms. The number of aromatic amines is 1. The average molecular weight is 181 g/mol. The molecular formula is C10H17N2O+. The Morgan fingerprint density at radius 2 is 2.31 bits per heavy atom. The number of imidazole rings is 1. The van der Waals surface area contributed by atoms with E-state index in [0.717, 1.165) is 12.8 Å². The second-order valence-electron chi connectivity index (χ2n) is 3.28. The number of ketones is 1. The number of nitrogens with zero attached hydrogens (tertiary/aromatic N) is 1. The monoisotopic (exact) mass is 181 g/mol. The van der Waals surface area contributed by atoms with Crippen molar-refractivity contribution in [3.8, 4) is 0 Å². The van der Waals surface area contributed by atoms with Crippen LogP contribution in [0.25, 0.3) is 0 Å². The highest BCUT2D eigenvalue weighted by atomic mass is 16.1. The van der Waals surface area contributed by atoms with Gasteiger partial charge in [0.1, 0.15) is 18.9 Å². The molecule has 3 nitrogen and oxygen atoms in total. The van der Waals surface area contributed by atoms with E-state index in [1.165, 1.54) is 6.42 Å². The highest BCUT2D eigenvalue weighted by Crippen LogP contribution is 1.99. The van der Waals surface area contributed by atoms with Crippen molar-refractivity contribution < 1.29 is 9.36 Å². The van der Waals surface area contributed by atoms with Gasteiger partial charge >= 0.3 is 0 Å². The van der Waals surface area contributed by atoms with E-state index in [2.05, 4.69) is 11.9 Å². The molecule has 0 saturated carbocycles. The van der Waals surface area contributed by atoms with Gasteiger partial charge in [-0.2, -0.15) is 0 Å². The number of carbonyl (C=O) groups excluding carboxylic acids is 1. The van der Waals surface area contributed by atoms with E-state index in [0.29, 0.717) is 18.7 Å². The van der Waals surface area contributed by atoms with Crippen molar-refractivity contribution in [2.24, 2.45) is 0 Å². The van der Waals surface area contributed by atoms with E-state index in [1.807, 2.05) is 17.0 Å². The Kier molecular flexibility index (Phi) is 4.23. The number of carbonyl (C=O) groups is 1. The van der Waals surface area contributed by atoms with Crippen LogP contribution >= 0.6 is 0 Å². The lowest BCUT2D eigenvalue weighted by molar-refractivity contribution is -0.683. The van der Waals surface area contributed by atoms with Crippen LogP contribution in [0.4, 0.5) is 0 Å². The molecule has 0 amide bonds. The number of rotatable bonds is 6. The van der Waals surface area contributed by atoms with Gasteiger partial charge in [0.2, 0.25) is 6.33 Å². The Labute approximate surface area is 78.8 Å². The molecule has 0 aliphatic heterocycles. The Morgan fingerprint density at radius 1 is 1.46 bits per heavy atom. The fraction of sp³-hybridized carbons (Fsp3) is 0.600. The lowest BCUT2D eigenvalue weighted by Gasteiger charge is -1.96. The van der Waals surface area contributed by atoms with Crippen molar-refractivity contribution in [3.63, 3.8) is 0 Å². The van der Waals surface area contributed by atoms with Gasteiger partial charge in [0.25, 0.3) is 0 Å². The summed E-state index contributed by atoms with van der Waals surface area (Å²) in [5, 5.41) is 0. The standard InChI is InChI=1S/C10H16N2O/c1-2-3-4-5-10(13)8-12-7-6-11-9-12/h6-7,9H,2-5,8H2,1H3/p+1. The van der Waals surface area contributed by atoms with Gasteiger partial charge in [0.15, 0.2) is 5.78 Å². The third-order valence-electron chi connectivity index (χ3n) is 2.02. The van der Waals surface area contributed by atoms with Gasteiger partial charge in [0, 0.05) is 6.42 Å². The first-order chi connectivity index (χ1) is 6.33. The molecule has 0 fully saturated rings. The minimum Gasteiger partial charge on any atom is -0.295 e. The molecule has 0 unspecified atom stereocenters. The number of hydrogen-bond acceptors (Lipinski definition) is 1. The summed E-state index contributed by atoms with van der Waals surface area (Å²) in [6, 6.07) is 0. The van der Waals surface area contributed by atoms with Gasteiger partial charge in [-0.3, -0.25) is 9.78 Å². The molecule has 0 radical (unpaired) electrons. The van der Waals surface area contributed by atoms with Crippen LogP contribution < -0.4 is 4.57 Å². The quantitative estimate of drug-likeness (QED) is 0.523. The maximum Gasteiger partial charge on any atom is 0.241 e. The molecule has 1 N–H and O–H groups in total. The smallest absolute Gasteiger partial charge is 0.241 e. The fourth-order valence-electron chi connectivity index (χ4n) is 1.27. The molecular weight excluding hydrogens is 164 g/mol. The van der Waals surface area contributed by atoms with Crippen molar-refractivity contribution >= 4 is 5.78 Å². The van der Waals surface area contributed by atoms with Crippen LogP contribution in [-0.4, -0.2) is 10.8 Å². The van der Waals surface area contributed by atoms with E-state index in [9.17, 15) is 4.79 Å². The highest BCUT2D eigenvalue weighted by molar-refractivity contribution is 5.76. The van der Waals surface area contributed by atoms with Crippen molar-refractivity contribution in [2.45, 2.75) is 39.2 Å². The molecule has 1 aromatic rings. The number of aromatic nitrogens is 2. The van der Waals surface area contributed by atoms with Crippen LogP contribution in [0.15, 0.2) is 18.7 Å². The minimum atomic E-state index is 0.318. The molecule has 0 saturated heterocycles. The molecule has 72 valence electrons. The molecule has 1 heterocycles. The lowest BCUT2D eigenvalue weighted by Crippen LogP contribution is -2.35. The Morgan fingerprint density at radius 3 is 2.92 bits per heavy atom. The zero-order valence-corrected chi connectivity index (χ0v) is 8.12. The van der Waals surface area contributed by atoms with E-state index in [1.54, 1.807) is 6.33 Å². The summed E-state index contributed by atoms with van der Waals surface area (Å²) in [4.78, 5) is 14.3. The van der Waals surface area contributed by atoms with Gasteiger partial charge in [-0.15, -0.1) is 0 Å². The Bertz CT molecular complexity index is 241. The average Bonchev–Trinajstić information content (AvgIpc) is 2.57. The summed E-state index contributed by atoms with van der Waals surface area (Å²) in [5.74, 6) is 0.318. The maximum atomic E-state index is 11.4. The van der Waals surface area contributed by atoms with Crippen LogP contribution in [0, 0.1) is 0 Å². The number of nitrogens with one attached hydrogen (secondary N) is 1. The van der Waals surface area contributed by atoms with Gasteiger partial charge in [-0.05, 0) is 6.42 Å². The summed E-state index contributed by atoms with van der Waals surface area (Å²) in [6.45, 7) is 2.65. The zero-order valence-electron chi connectivity index (χ0n) is 8.12. The topological polar surface area (TPSA) is 36.7 Å². The van der Waals surface area contributed by atoms with Crippen LogP contribution in [-0.2, 0) is 11.3 Å². The van der Waals surface area contributed by atoms with E-state index in [4.69, 9.17) is 0 Å². The van der Waals surface area contributed by atoms with Crippen LogP contribution in [0.5, 0.6) is 0 Å². The number of H-pyrrole nitrogens is 1. The van der Waals surface area contributed by atoms with Gasteiger partial charge in [-0.1, -0.05) is 19.8 Å². The van der Waals surface area contributed by atoms with Crippen molar-refractivity contribution in [3.05, 3.63) is 18.7 Å². The summed E-state index contributed by atoms with van der Waals surface area (Å²) in [6.07, 6.45) is 9.56. The first-order valence-electron chi connectivity index (χ1n) is 4.86. The summed E-state index contributed by atoms with van der Waals surface area (Å²) >= 11 is 0. The third-order valence-corrected chi connectivity index (χ3v) is 2.02. The van der Waals surface area contributed by atoms with Crippen molar-refractivity contribution in [1.29, 1.82) is 0 Å². The van der Waals surface area contributed by atoms with Crippen molar-refractivity contribution in [2.75, 3.05) is 0 Å². The molecule has 0 aliphatic rings. The summed E-state index contributed by atoms with van der Waals surface area (Å²) < 4.78 is 1.87. The summed E-state index contributed by atoms with van der Waals surface area (Å²) in [5.41, 5.74) is 0. The molecule has 13 heavy (non-hydrogen) atoms. The molecule has 1 aromatic heterocycles. The third kappa shape index (κ3) is 3.87. The molecule has 1 rings (SSSR count). The first-order valence-corrected chi connectivity index (χ1v) is 4.86. The first kappa shape index (κ1) is 9.96. The predicted octanol–water partition coefficient (Wildman–Crippen LogP) is 1.45. The minimum absolute atomic E-state index is 0.318. The van der Waals surface area contributed by atoms with Gasteiger partial charge in [0.05, 0.1) is 0 Å². The van der Waals surface area contributed by atoms with Crippen molar-refractivity contribution in [1.82, 2.24) is 4.98 Å². The second-order valence-corrected chi connectivity index (χ2v) is 3.28. The molecule has 3 heteroatoms. The van der Waals surface area contributed by atoms with Crippen LogP contribution in [0.2, 0.25) is 0 Å². The largest absolute Gasteiger partial charge is 0.295 e. The molecule has 0 bridgehead atoms. The van der Waals surface area contributed by atoms with Gasteiger partial charge in [-0.25, -0.2) is 4.57 Å². The molecule has 0 aliphatic carbocycles. The van der Waals surface area contributed by atoms with E-state index in [-0.39, 0.29) is 0 Å². The maximum absolute atomic E-state index is 11.4. The highest BCUT2D eigenvalue weighted by Gasteiger charge is 2.05. The fourth-order valence-corrected chi connectivity index (χ4v) is 1.27. The zero-order chi connectivity index (χ0) is 9.52. The van der Waals surface area contributed by atoms with E-state index < -0.39 is 0 Å². The molecule has 0 aromatic carbocycles. The lowest BCUT2D eigenvalue weighted by atomic mass is 10.1. The number of Topliss-reactive ketones (excluding diaryl/α,β-unsaturated/α-hetero) is 1. The molecule has 0 atom stereocenters. The van der Waals surface area contributed by atoms with Gasteiger partial charge < -0.3 is 0 Å². The van der Waals surface area contributed by atoms with E-state index >= 15 is 0 Å². The Balaban J connectivity index is 2.18. The SMILES string of the molecule is CCCCCC(=O)C[n+]1cc[nH]c1. The normalized spacial score (nSPS) is 10.2. The Hall–Kier alpha value is -1.12. The van der Waals surface area contributed by atoms with Crippen LogP contribution in [0.3, 0.4) is 0 Å². The number of hydrogen-bond donors (Lipinski definition) is 1. The predicted molar refractivity (Wildman–Crippen MR) is 50.1 cm³/mol. The van der Waals surface area contributed by atoms with Crippen LogP contribution in [0.1, 0.15) is 32.6 Å². The summed E-state index contributed by atoms with van der Waals surface area (Å²) in [7, 11) is 0. The second kappa shape index (κ2) is 5.51.